The Hall–Kier alpha value is -2.10. The molecule has 1 aromatic rings. The van der Waals surface area contributed by atoms with E-state index in [0.29, 0.717) is 24.0 Å². The molecule has 1 unspecified atom stereocenters. The molecule has 22 heavy (non-hydrogen) atoms. The number of hydrogen-bond donors (Lipinski definition) is 0. The minimum Gasteiger partial charge on any atom is -0.300 e. The molecule has 0 radical (unpaired) electrons. The summed E-state index contributed by atoms with van der Waals surface area (Å²) in [5, 5.41) is 0. The first-order valence-electron chi connectivity index (χ1n) is 7.27. The van der Waals surface area contributed by atoms with Crippen molar-refractivity contribution in [1.29, 1.82) is 0 Å². The highest BCUT2D eigenvalue weighted by atomic mass is 16.1. The van der Waals surface area contributed by atoms with Gasteiger partial charge in [0.1, 0.15) is 11.6 Å². The number of carbonyl (C=O) groups is 4. The van der Waals surface area contributed by atoms with Crippen LogP contribution in [0.25, 0.3) is 0 Å². The Labute approximate surface area is 131 Å². The second kappa shape index (κ2) is 9.77. The number of benzene rings is 1. The van der Waals surface area contributed by atoms with Gasteiger partial charge in [-0.25, -0.2) is 0 Å². The van der Waals surface area contributed by atoms with Gasteiger partial charge in [-0.1, -0.05) is 31.2 Å². The highest BCUT2D eigenvalue weighted by molar-refractivity contribution is 6.07. The highest BCUT2D eigenvalue weighted by Crippen LogP contribution is 2.09. The molecule has 0 aliphatic carbocycles. The maximum Gasteiger partial charge on any atom is 0.160 e. The van der Waals surface area contributed by atoms with Crippen molar-refractivity contribution < 1.29 is 19.2 Å². The number of Topliss-reactive ketones (excluding diaryl/α,β-unsaturated/α-hetero) is 4. The zero-order valence-corrected chi connectivity index (χ0v) is 13.9. The Morgan fingerprint density at radius 2 is 1.27 bits per heavy atom. The smallest absolute Gasteiger partial charge is 0.160 e. The van der Waals surface area contributed by atoms with E-state index in [1.165, 1.54) is 13.8 Å². The molecule has 0 N–H and O–H groups in total. The third-order valence-electron chi connectivity index (χ3n) is 3.31. The van der Waals surface area contributed by atoms with Gasteiger partial charge in [0.15, 0.2) is 11.6 Å². The van der Waals surface area contributed by atoms with Gasteiger partial charge in [-0.2, -0.15) is 0 Å². The zero-order valence-electron chi connectivity index (χ0n) is 13.9. The van der Waals surface area contributed by atoms with Crippen LogP contribution in [-0.2, 0) is 9.59 Å². The van der Waals surface area contributed by atoms with Crippen LogP contribution in [0, 0.1) is 5.92 Å². The Bertz CT molecular complexity index is 525. The SMILES string of the molecule is CC(=O)CCC(C)C(C)=O.CC(=O)c1ccccc1C(C)=O. The van der Waals surface area contributed by atoms with Crippen LogP contribution >= 0.6 is 0 Å². The molecule has 0 aliphatic heterocycles. The first-order valence-corrected chi connectivity index (χ1v) is 7.27. The van der Waals surface area contributed by atoms with Gasteiger partial charge >= 0.3 is 0 Å². The first-order chi connectivity index (χ1) is 10.2. The van der Waals surface area contributed by atoms with E-state index in [-0.39, 0.29) is 29.1 Å². The largest absolute Gasteiger partial charge is 0.300 e. The number of ketones is 4. The van der Waals surface area contributed by atoms with Crippen molar-refractivity contribution in [3.05, 3.63) is 35.4 Å². The lowest BCUT2D eigenvalue weighted by molar-refractivity contribution is -0.121. The van der Waals surface area contributed by atoms with E-state index < -0.39 is 0 Å². The zero-order chi connectivity index (χ0) is 17.3. The summed E-state index contributed by atoms with van der Waals surface area (Å²) >= 11 is 0. The molecule has 4 nitrogen and oxygen atoms in total. The minimum atomic E-state index is -0.0687. The molecule has 0 bridgehead atoms. The topological polar surface area (TPSA) is 68.3 Å². The van der Waals surface area contributed by atoms with E-state index in [9.17, 15) is 19.2 Å². The number of carbonyl (C=O) groups excluding carboxylic acids is 4. The Morgan fingerprint density at radius 3 is 1.55 bits per heavy atom. The molecule has 0 aromatic heterocycles. The standard InChI is InChI=1S/C10H10O2.C8H14O2/c1-7(11)9-5-3-4-6-10(9)8(2)12;1-6(8(3)10)4-5-7(2)9/h3-6H,1-2H3;6H,4-5H2,1-3H3. The van der Waals surface area contributed by atoms with Crippen LogP contribution in [0.4, 0.5) is 0 Å². The van der Waals surface area contributed by atoms with Crippen molar-refractivity contribution in [3.63, 3.8) is 0 Å². The van der Waals surface area contributed by atoms with Crippen LogP contribution in [0.5, 0.6) is 0 Å². The highest BCUT2D eigenvalue weighted by Gasteiger charge is 2.09. The molecule has 120 valence electrons. The van der Waals surface area contributed by atoms with Gasteiger partial charge in [0.2, 0.25) is 0 Å². The fourth-order valence-corrected chi connectivity index (χ4v) is 1.72. The van der Waals surface area contributed by atoms with Crippen LogP contribution in [0.1, 0.15) is 68.2 Å². The van der Waals surface area contributed by atoms with Gasteiger partial charge in [0.25, 0.3) is 0 Å². The lowest BCUT2D eigenvalue weighted by Gasteiger charge is -2.03. The molecule has 1 rings (SSSR count). The van der Waals surface area contributed by atoms with Crippen molar-refractivity contribution in [2.24, 2.45) is 5.92 Å². The maximum absolute atomic E-state index is 11.0. The summed E-state index contributed by atoms with van der Waals surface area (Å²) in [4.78, 5) is 43.1. The Kier molecular flexibility index (Phi) is 8.83. The molecular formula is C18H24O4. The van der Waals surface area contributed by atoms with Crippen molar-refractivity contribution in [2.75, 3.05) is 0 Å². The van der Waals surface area contributed by atoms with Crippen LogP contribution in [-0.4, -0.2) is 23.1 Å². The van der Waals surface area contributed by atoms with Gasteiger partial charge in [-0.15, -0.1) is 0 Å². The normalized spacial score (nSPS) is 11.0. The van der Waals surface area contributed by atoms with Crippen molar-refractivity contribution in [1.82, 2.24) is 0 Å². The molecule has 1 atom stereocenters. The molecule has 0 saturated heterocycles. The quantitative estimate of drug-likeness (QED) is 0.752. The van der Waals surface area contributed by atoms with Gasteiger partial charge in [0.05, 0.1) is 0 Å². The third-order valence-corrected chi connectivity index (χ3v) is 3.31. The van der Waals surface area contributed by atoms with E-state index in [2.05, 4.69) is 0 Å². The van der Waals surface area contributed by atoms with E-state index >= 15 is 0 Å². The summed E-state index contributed by atoms with van der Waals surface area (Å²) < 4.78 is 0. The Balaban J connectivity index is 0.000000409. The minimum absolute atomic E-state index is 0.0453. The average Bonchev–Trinajstić information content (AvgIpc) is 2.45. The molecule has 1 aromatic carbocycles. The van der Waals surface area contributed by atoms with E-state index in [1.807, 2.05) is 6.92 Å². The molecule has 0 heterocycles. The molecular weight excluding hydrogens is 280 g/mol. The molecule has 0 fully saturated rings. The maximum atomic E-state index is 11.0. The molecule has 0 saturated carbocycles. The predicted octanol–water partition coefficient (Wildman–Crippen LogP) is 3.67. The fourth-order valence-electron chi connectivity index (χ4n) is 1.72. The van der Waals surface area contributed by atoms with Crippen LogP contribution in [0.15, 0.2) is 24.3 Å². The van der Waals surface area contributed by atoms with E-state index in [4.69, 9.17) is 0 Å². The van der Waals surface area contributed by atoms with Crippen LogP contribution < -0.4 is 0 Å². The molecule has 0 spiro atoms. The molecule has 4 heteroatoms. The third kappa shape index (κ3) is 7.62. The van der Waals surface area contributed by atoms with Crippen molar-refractivity contribution in [2.45, 2.75) is 47.5 Å². The van der Waals surface area contributed by atoms with Gasteiger partial charge in [-0.05, 0) is 34.1 Å². The fraction of sp³-hybridized carbons (Fsp3) is 0.444. The number of hydrogen-bond acceptors (Lipinski definition) is 4. The van der Waals surface area contributed by atoms with Gasteiger partial charge in [-0.3, -0.25) is 14.4 Å². The summed E-state index contributed by atoms with van der Waals surface area (Å²) in [6, 6.07) is 6.84. The monoisotopic (exact) mass is 304 g/mol. The predicted molar refractivity (Wildman–Crippen MR) is 86.2 cm³/mol. The summed E-state index contributed by atoms with van der Waals surface area (Å²) in [7, 11) is 0. The second-order valence-corrected chi connectivity index (χ2v) is 5.41. The van der Waals surface area contributed by atoms with Crippen molar-refractivity contribution in [3.8, 4) is 0 Å². The summed E-state index contributed by atoms with van der Waals surface area (Å²) in [5.74, 6) is 0.236. The van der Waals surface area contributed by atoms with E-state index in [1.54, 1.807) is 38.1 Å². The number of rotatable bonds is 6. The second-order valence-electron chi connectivity index (χ2n) is 5.41. The van der Waals surface area contributed by atoms with Crippen LogP contribution in [0.2, 0.25) is 0 Å². The van der Waals surface area contributed by atoms with Crippen LogP contribution in [0.3, 0.4) is 0 Å². The lowest BCUT2D eigenvalue weighted by atomic mass is 10.0. The van der Waals surface area contributed by atoms with Gasteiger partial charge < -0.3 is 4.79 Å². The lowest BCUT2D eigenvalue weighted by Crippen LogP contribution is -2.07. The molecule has 0 amide bonds. The van der Waals surface area contributed by atoms with Crippen molar-refractivity contribution >= 4 is 23.1 Å². The molecule has 0 aliphatic rings. The first kappa shape index (κ1) is 19.9. The summed E-state index contributed by atoms with van der Waals surface area (Å²) in [5.41, 5.74) is 1.01. The summed E-state index contributed by atoms with van der Waals surface area (Å²) in [6.07, 6.45) is 1.23. The van der Waals surface area contributed by atoms with Gasteiger partial charge in [0, 0.05) is 23.5 Å². The summed E-state index contributed by atoms with van der Waals surface area (Å²) in [6.45, 7) is 7.88. The average molecular weight is 304 g/mol. The van der Waals surface area contributed by atoms with E-state index in [0.717, 1.165) is 0 Å². The Morgan fingerprint density at radius 1 is 0.864 bits per heavy atom.